The number of hydrogen-bond acceptors (Lipinski definition) is 4. The number of phenolic OH excluding ortho intramolecular Hbond substituents is 1. The third-order valence-corrected chi connectivity index (χ3v) is 4.67. The highest BCUT2D eigenvalue weighted by Crippen LogP contribution is 2.37. The second-order valence-corrected chi connectivity index (χ2v) is 8.59. The highest BCUT2D eigenvalue weighted by Gasteiger charge is 2.24. The summed E-state index contributed by atoms with van der Waals surface area (Å²) >= 11 is 0. The monoisotopic (exact) mass is 406 g/mol. The van der Waals surface area contributed by atoms with E-state index in [4.69, 9.17) is 0 Å². The lowest BCUT2D eigenvalue weighted by Gasteiger charge is -2.25. The summed E-state index contributed by atoms with van der Waals surface area (Å²) in [6.45, 7) is 11.9. The molecule has 0 saturated carbocycles. The van der Waals surface area contributed by atoms with Crippen molar-refractivity contribution in [2.24, 2.45) is 0 Å². The van der Waals surface area contributed by atoms with Crippen molar-refractivity contribution in [3.05, 3.63) is 76.8 Å². The standard InChI is InChI=1S/C25H30N2O3/c1-16(2)18-13-20(25(4,5)6)21(14-23(18)29)27-24(30)19-15-26-17(3)11-9-7-8-10-12-22(19)28/h8-16,26,29H,1-6H3,(H,27,30)/b12-10+,17-11+,19-15+. The smallest absolute Gasteiger partial charge is 0.261 e. The van der Waals surface area contributed by atoms with E-state index in [1.165, 1.54) is 18.4 Å². The second kappa shape index (κ2) is 9.47. The third kappa shape index (κ3) is 5.85. The van der Waals surface area contributed by atoms with E-state index < -0.39 is 11.7 Å². The molecule has 0 fully saturated rings. The third-order valence-electron chi connectivity index (χ3n) is 4.67. The number of carbonyl (C=O) groups excluding carboxylic acids is 2. The van der Waals surface area contributed by atoms with Crippen LogP contribution in [-0.4, -0.2) is 16.8 Å². The Labute approximate surface area is 178 Å². The molecular weight excluding hydrogens is 376 g/mol. The fraction of sp³-hybridized carbons (Fsp3) is 0.320. The Balaban J connectivity index is 2.47. The van der Waals surface area contributed by atoms with Gasteiger partial charge in [0, 0.05) is 23.7 Å². The number of nitrogens with one attached hydrogen (secondary N) is 2. The van der Waals surface area contributed by atoms with Gasteiger partial charge in [-0.05, 0) is 59.8 Å². The highest BCUT2D eigenvalue weighted by atomic mass is 16.3. The first-order valence-electron chi connectivity index (χ1n) is 9.96. The van der Waals surface area contributed by atoms with Crippen LogP contribution in [0, 0.1) is 0 Å². The van der Waals surface area contributed by atoms with Crippen LogP contribution in [-0.2, 0) is 15.0 Å². The first-order valence-corrected chi connectivity index (χ1v) is 9.96. The molecule has 1 heterocycles. The lowest BCUT2D eigenvalue weighted by molar-refractivity contribution is -0.117. The van der Waals surface area contributed by atoms with Gasteiger partial charge in [0.1, 0.15) is 11.3 Å². The molecule has 5 nitrogen and oxygen atoms in total. The van der Waals surface area contributed by atoms with Gasteiger partial charge in [-0.25, -0.2) is 0 Å². The lowest BCUT2D eigenvalue weighted by Crippen LogP contribution is -2.24. The van der Waals surface area contributed by atoms with Crippen molar-refractivity contribution in [2.75, 3.05) is 5.32 Å². The molecule has 0 spiro atoms. The number of phenols is 1. The zero-order chi connectivity index (χ0) is 22.5. The van der Waals surface area contributed by atoms with E-state index in [1.807, 2.05) is 47.6 Å². The van der Waals surface area contributed by atoms with Gasteiger partial charge in [-0.15, -0.1) is 5.73 Å². The lowest BCUT2D eigenvalue weighted by atomic mass is 9.83. The quantitative estimate of drug-likeness (QED) is 0.489. The molecule has 0 radical (unpaired) electrons. The maximum absolute atomic E-state index is 13.0. The van der Waals surface area contributed by atoms with Gasteiger partial charge >= 0.3 is 0 Å². The molecule has 0 aromatic heterocycles. The van der Waals surface area contributed by atoms with Crippen molar-refractivity contribution in [2.45, 2.75) is 52.9 Å². The van der Waals surface area contributed by atoms with E-state index in [0.717, 1.165) is 16.8 Å². The number of anilines is 1. The minimum atomic E-state index is -0.552. The molecule has 5 heteroatoms. The van der Waals surface area contributed by atoms with Crippen LogP contribution in [0.1, 0.15) is 58.6 Å². The molecule has 1 aliphatic rings. The van der Waals surface area contributed by atoms with Gasteiger partial charge in [0.25, 0.3) is 5.91 Å². The molecule has 0 unspecified atom stereocenters. The van der Waals surface area contributed by atoms with Crippen LogP contribution in [0.15, 0.2) is 65.7 Å². The Morgan fingerprint density at radius 3 is 2.53 bits per heavy atom. The number of hydrogen-bond donors (Lipinski definition) is 3. The number of rotatable bonds is 3. The summed E-state index contributed by atoms with van der Waals surface area (Å²) in [6.07, 6.45) is 9.35. The molecule has 1 aromatic carbocycles. The van der Waals surface area contributed by atoms with Gasteiger partial charge in [-0.1, -0.05) is 40.7 Å². The highest BCUT2D eigenvalue weighted by molar-refractivity contribution is 6.26. The Bertz CT molecular complexity index is 996. The van der Waals surface area contributed by atoms with Gasteiger partial charge in [-0.3, -0.25) is 9.59 Å². The van der Waals surface area contributed by atoms with Crippen molar-refractivity contribution >= 4 is 17.4 Å². The fourth-order valence-corrected chi connectivity index (χ4v) is 2.97. The van der Waals surface area contributed by atoms with Crippen LogP contribution in [0.4, 0.5) is 5.69 Å². The Hall–Kier alpha value is -3.30. The van der Waals surface area contributed by atoms with Crippen LogP contribution in [0.25, 0.3) is 0 Å². The molecular formula is C25H30N2O3. The second-order valence-electron chi connectivity index (χ2n) is 8.59. The van der Waals surface area contributed by atoms with E-state index in [-0.39, 0.29) is 22.7 Å². The summed E-state index contributed by atoms with van der Waals surface area (Å²) in [6, 6.07) is 3.48. The molecule has 30 heavy (non-hydrogen) atoms. The van der Waals surface area contributed by atoms with Crippen molar-refractivity contribution in [1.82, 2.24) is 5.32 Å². The summed E-state index contributed by atoms with van der Waals surface area (Å²) in [4.78, 5) is 25.6. The molecule has 1 amide bonds. The minimum Gasteiger partial charge on any atom is -0.508 e. The number of carbonyl (C=O) groups is 2. The number of allylic oxidation sites excluding steroid dienone is 5. The molecule has 3 N–H and O–H groups in total. The summed E-state index contributed by atoms with van der Waals surface area (Å²) in [5.74, 6) is -0.742. The maximum atomic E-state index is 13.0. The molecule has 0 atom stereocenters. The van der Waals surface area contributed by atoms with Crippen molar-refractivity contribution in [1.29, 1.82) is 0 Å². The summed E-state index contributed by atoms with van der Waals surface area (Å²) in [5, 5.41) is 16.2. The topological polar surface area (TPSA) is 78.4 Å². The molecule has 158 valence electrons. The number of ketones is 1. The summed E-state index contributed by atoms with van der Waals surface area (Å²) in [7, 11) is 0. The SMILES string of the molecule is C/C1=C\C=C=C/C=C/C(=O)/C(C(=O)Nc2cc(O)c(C(C)C)cc2C(C)(C)C)=C\N1. The van der Waals surface area contributed by atoms with Crippen LogP contribution >= 0.6 is 0 Å². The van der Waals surface area contributed by atoms with E-state index in [0.29, 0.717) is 5.69 Å². The van der Waals surface area contributed by atoms with Gasteiger partial charge in [-0.2, -0.15) is 0 Å². The molecule has 1 aromatic rings. The predicted molar refractivity (Wildman–Crippen MR) is 121 cm³/mol. The zero-order valence-corrected chi connectivity index (χ0v) is 18.5. The molecule has 0 aliphatic carbocycles. The van der Waals surface area contributed by atoms with Crippen molar-refractivity contribution < 1.29 is 14.7 Å². The average molecular weight is 407 g/mol. The van der Waals surface area contributed by atoms with Crippen molar-refractivity contribution in [3.63, 3.8) is 0 Å². The van der Waals surface area contributed by atoms with Crippen LogP contribution in [0.5, 0.6) is 5.75 Å². The Morgan fingerprint density at radius 1 is 1.20 bits per heavy atom. The normalized spacial score (nSPS) is 19.2. The number of amides is 1. The zero-order valence-electron chi connectivity index (χ0n) is 18.5. The van der Waals surface area contributed by atoms with Gasteiger partial charge in [0.05, 0.1) is 0 Å². The van der Waals surface area contributed by atoms with Crippen LogP contribution in [0.3, 0.4) is 0 Å². The summed E-state index contributed by atoms with van der Waals surface area (Å²) < 4.78 is 0. The fourth-order valence-electron chi connectivity index (χ4n) is 2.97. The first kappa shape index (κ1) is 23.0. The van der Waals surface area contributed by atoms with E-state index in [1.54, 1.807) is 24.3 Å². The molecule has 0 saturated heterocycles. The average Bonchev–Trinajstić information content (AvgIpc) is 2.66. The van der Waals surface area contributed by atoms with Gasteiger partial charge in [0.2, 0.25) is 0 Å². The van der Waals surface area contributed by atoms with E-state index in [2.05, 4.69) is 16.4 Å². The maximum Gasteiger partial charge on any atom is 0.261 e. The van der Waals surface area contributed by atoms with E-state index in [9.17, 15) is 14.7 Å². The number of aromatic hydroxyl groups is 1. The number of benzene rings is 1. The van der Waals surface area contributed by atoms with Crippen molar-refractivity contribution in [3.8, 4) is 5.75 Å². The van der Waals surface area contributed by atoms with Crippen LogP contribution < -0.4 is 10.6 Å². The molecule has 0 bridgehead atoms. The predicted octanol–water partition coefficient (Wildman–Crippen LogP) is 4.98. The Kier molecular flexibility index (Phi) is 7.25. The van der Waals surface area contributed by atoms with Crippen LogP contribution in [0.2, 0.25) is 0 Å². The first-order chi connectivity index (χ1) is 14.0. The van der Waals surface area contributed by atoms with Gasteiger partial charge in [0.15, 0.2) is 5.78 Å². The molecule has 1 aliphatic heterocycles. The Morgan fingerprint density at radius 2 is 1.90 bits per heavy atom. The largest absolute Gasteiger partial charge is 0.508 e. The van der Waals surface area contributed by atoms with E-state index >= 15 is 0 Å². The molecule has 2 rings (SSSR count). The minimum absolute atomic E-state index is 0.0402. The van der Waals surface area contributed by atoms with Gasteiger partial charge < -0.3 is 15.7 Å². The summed E-state index contributed by atoms with van der Waals surface area (Å²) in [5.41, 5.74) is 5.52.